The van der Waals surface area contributed by atoms with Crippen LogP contribution in [0, 0.1) is 0 Å². The molecule has 7 nitrogen and oxygen atoms in total. The van der Waals surface area contributed by atoms with Crippen LogP contribution in [0.25, 0.3) is 0 Å². The smallest absolute Gasteiger partial charge is 0.325 e. The predicted octanol–water partition coefficient (Wildman–Crippen LogP) is 0.522. The second-order valence-corrected chi connectivity index (χ2v) is 4.78. The van der Waals surface area contributed by atoms with Crippen molar-refractivity contribution in [3.8, 4) is 0 Å². The highest BCUT2D eigenvalue weighted by Gasteiger charge is 2.30. The molecule has 1 fully saturated rings. The van der Waals surface area contributed by atoms with Crippen molar-refractivity contribution < 1.29 is 14.4 Å². The highest BCUT2D eigenvalue weighted by Crippen LogP contribution is 2.24. The zero-order valence-electron chi connectivity index (χ0n) is 9.77. The highest BCUT2D eigenvalue weighted by molar-refractivity contribution is 9.10. The van der Waals surface area contributed by atoms with Crippen molar-refractivity contribution in [1.82, 2.24) is 10.2 Å². The molecule has 0 aromatic heterocycles. The van der Waals surface area contributed by atoms with Crippen LogP contribution in [-0.4, -0.2) is 35.8 Å². The molecule has 8 heteroatoms. The maximum Gasteiger partial charge on any atom is 0.325 e. The number of halogens is 1. The first kappa shape index (κ1) is 13.3. The van der Waals surface area contributed by atoms with E-state index < -0.39 is 17.8 Å². The predicted molar refractivity (Wildman–Crippen MR) is 72.3 cm³/mol. The fourth-order valence-electron chi connectivity index (χ4n) is 1.58. The molecule has 4 amide bonds. The minimum Gasteiger partial charge on any atom is -0.399 e. The molecule has 0 radical (unpaired) electrons. The monoisotopic (exact) mass is 326 g/mol. The van der Waals surface area contributed by atoms with Gasteiger partial charge in [0.25, 0.3) is 5.91 Å². The Labute approximate surface area is 117 Å². The fourth-order valence-corrected chi connectivity index (χ4v) is 2.08. The lowest BCUT2D eigenvalue weighted by Crippen LogP contribution is -2.38. The number of nitrogen functional groups attached to an aromatic ring is 1. The van der Waals surface area contributed by atoms with Crippen LogP contribution in [-0.2, 0) is 9.59 Å². The number of carbonyl (C=O) groups excluding carboxylic acids is 3. The molecule has 1 aliphatic heterocycles. The first-order valence-electron chi connectivity index (χ1n) is 5.40. The van der Waals surface area contributed by atoms with Gasteiger partial charge in [-0.3, -0.25) is 14.5 Å². The summed E-state index contributed by atoms with van der Waals surface area (Å²) in [7, 11) is 0. The van der Waals surface area contributed by atoms with E-state index >= 15 is 0 Å². The van der Waals surface area contributed by atoms with Crippen molar-refractivity contribution in [1.29, 1.82) is 0 Å². The summed E-state index contributed by atoms with van der Waals surface area (Å²) in [6.07, 6.45) is 0. The number of anilines is 2. The van der Waals surface area contributed by atoms with Crippen LogP contribution < -0.4 is 16.4 Å². The third-order valence-corrected chi connectivity index (χ3v) is 3.16. The number of amides is 4. The van der Waals surface area contributed by atoms with Crippen LogP contribution in [0.5, 0.6) is 0 Å². The second-order valence-electron chi connectivity index (χ2n) is 3.93. The minimum atomic E-state index is -0.559. The number of carbonyl (C=O) groups is 3. The van der Waals surface area contributed by atoms with E-state index in [1.54, 1.807) is 18.2 Å². The lowest BCUT2D eigenvalue weighted by Gasteiger charge is -2.13. The van der Waals surface area contributed by atoms with E-state index in [-0.39, 0.29) is 13.1 Å². The highest BCUT2D eigenvalue weighted by atomic mass is 79.9. The maximum absolute atomic E-state index is 11.8. The van der Waals surface area contributed by atoms with Crippen molar-refractivity contribution in [2.45, 2.75) is 0 Å². The van der Waals surface area contributed by atoms with Gasteiger partial charge in [-0.1, -0.05) is 0 Å². The lowest BCUT2D eigenvalue weighted by molar-refractivity contribution is -0.128. The van der Waals surface area contributed by atoms with Gasteiger partial charge in [0.05, 0.1) is 12.2 Å². The van der Waals surface area contributed by atoms with E-state index in [9.17, 15) is 14.4 Å². The molecule has 19 heavy (non-hydrogen) atoms. The van der Waals surface area contributed by atoms with Crippen LogP contribution in [0.15, 0.2) is 22.7 Å². The van der Waals surface area contributed by atoms with Crippen molar-refractivity contribution in [2.75, 3.05) is 24.1 Å². The largest absolute Gasteiger partial charge is 0.399 e. The molecule has 2 rings (SSSR count). The summed E-state index contributed by atoms with van der Waals surface area (Å²) in [6, 6.07) is 4.34. The number of hydrogen-bond acceptors (Lipinski definition) is 4. The molecule has 4 N–H and O–H groups in total. The number of urea groups is 1. The van der Waals surface area contributed by atoms with Gasteiger partial charge in [-0.15, -0.1) is 0 Å². The van der Waals surface area contributed by atoms with Gasteiger partial charge < -0.3 is 16.4 Å². The first-order valence-corrected chi connectivity index (χ1v) is 6.20. The van der Waals surface area contributed by atoms with Gasteiger partial charge in [0.2, 0.25) is 5.91 Å². The number of rotatable bonds is 3. The molecule has 100 valence electrons. The van der Waals surface area contributed by atoms with Gasteiger partial charge in [0, 0.05) is 10.2 Å². The summed E-state index contributed by atoms with van der Waals surface area (Å²) in [6.45, 7) is -0.390. The van der Waals surface area contributed by atoms with Crippen LogP contribution in [0.1, 0.15) is 0 Å². The number of nitrogens with one attached hydrogen (secondary N) is 2. The summed E-state index contributed by atoms with van der Waals surface area (Å²) in [5.74, 6) is -0.882. The molecule has 1 aromatic rings. The van der Waals surface area contributed by atoms with Gasteiger partial charge in [-0.05, 0) is 34.1 Å². The Morgan fingerprint density at radius 2 is 2.21 bits per heavy atom. The number of nitrogens with two attached hydrogens (primary N) is 1. The molecule has 0 unspecified atom stereocenters. The summed E-state index contributed by atoms with van der Waals surface area (Å²) in [5, 5.41) is 4.93. The number of hydrogen-bond donors (Lipinski definition) is 3. The van der Waals surface area contributed by atoms with Crippen LogP contribution in [0.4, 0.5) is 16.2 Å². The van der Waals surface area contributed by atoms with E-state index in [1.165, 1.54) is 0 Å². The number of nitrogens with zero attached hydrogens (tertiary/aromatic N) is 1. The van der Waals surface area contributed by atoms with Gasteiger partial charge in [0.15, 0.2) is 0 Å². The topological polar surface area (TPSA) is 105 Å². The van der Waals surface area contributed by atoms with Gasteiger partial charge in [-0.25, -0.2) is 4.79 Å². The quantitative estimate of drug-likeness (QED) is 0.556. The lowest BCUT2D eigenvalue weighted by atomic mass is 10.3. The molecule has 0 spiro atoms. The van der Waals surface area contributed by atoms with E-state index in [1.807, 2.05) is 0 Å². The fraction of sp³-hybridized carbons (Fsp3) is 0.182. The van der Waals surface area contributed by atoms with Crippen molar-refractivity contribution in [2.24, 2.45) is 0 Å². The van der Waals surface area contributed by atoms with Crippen LogP contribution in [0.2, 0.25) is 0 Å². The molecular formula is C11H11BrN4O3. The van der Waals surface area contributed by atoms with Crippen LogP contribution >= 0.6 is 15.9 Å². The van der Waals surface area contributed by atoms with Crippen molar-refractivity contribution in [3.05, 3.63) is 22.7 Å². The Bertz CT molecular complexity index is 545. The molecule has 1 aliphatic rings. The molecule has 1 aromatic carbocycles. The SMILES string of the molecule is Nc1ccc(NC(=O)CN2C(=O)CNC2=O)c(Br)c1. The number of benzene rings is 1. The van der Waals surface area contributed by atoms with E-state index in [4.69, 9.17) is 5.73 Å². The molecule has 1 saturated heterocycles. The zero-order chi connectivity index (χ0) is 14.0. The van der Waals surface area contributed by atoms with Gasteiger partial charge in [-0.2, -0.15) is 0 Å². The Morgan fingerprint density at radius 3 is 2.79 bits per heavy atom. The number of imide groups is 1. The zero-order valence-corrected chi connectivity index (χ0v) is 11.4. The Morgan fingerprint density at radius 1 is 1.47 bits per heavy atom. The maximum atomic E-state index is 11.8. The van der Waals surface area contributed by atoms with Gasteiger partial charge >= 0.3 is 6.03 Å². The molecule has 0 atom stereocenters. The van der Waals surface area contributed by atoms with E-state index in [0.29, 0.717) is 15.8 Å². The standard InChI is InChI=1S/C11H11BrN4O3/c12-7-3-6(13)1-2-8(7)15-9(17)5-16-10(18)4-14-11(16)19/h1-3H,4-5,13H2,(H,14,19)(H,15,17). The van der Waals surface area contributed by atoms with Crippen molar-refractivity contribution >= 4 is 45.2 Å². The summed E-state index contributed by atoms with van der Waals surface area (Å²) in [4.78, 5) is 35.2. The molecule has 0 bridgehead atoms. The average molecular weight is 327 g/mol. The Hall–Kier alpha value is -2.09. The summed E-state index contributed by atoms with van der Waals surface area (Å²) >= 11 is 3.26. The average Bonchev–Trinajstić information content (AvgIpc) is 2.65. The minimum absolute atomic E-state index is 0.0717. The second kappa shape index (κ2) is 5.27. The first-order chi connectivity index (χ1) is 8.97. The summed E-state index contributed by atoms with van der Waals surface area (Å²) in [5.41, 5.74) is 6.65. The Balaban J connectivity index is 2.01. The molecule has 1 heterocycles. The summed E-state index contributed by atoms with van der Waals surface area (Å²) < 4.78 is 0.623. The van der Waals surface area contributed by atoms with E-state index in [2.05, 4.69) is 26.6 Å². The van der Waals surface area contributed by atoms with Crippen molar-refractivity contribution in [3.63, 3.8) is 0 Å². The third kappa shape index (κ3) is 3.02. The van der Waals surface area contributed by atoms with Crippen LogP contribution in [0.3, 0.4) is 0 Å². The molecule has 0 aliphatic carbocycles. The normalized spacial score (nSPS) is 14.5. The Kier molecular flexibility index (Phi) is 3.70. The van der Waals surface area contributed by atoms with E-state index in [0.717, 1.165) is 4.90 Å². The molecular weight excluding hydrogens is 316 g/mol. The third-order valence-electron chi connectivity index (χ3n) is 2.51. The van der Waals surface area contributed by atoms with Gasteiger partial charge in [0.1, 0.15) is 6.54 Å². The molecule has 0 saturated carbocycles.